The van der Waals surface area contributed by atoms with E-state index in [0.717, 1.165) is 12.1 Å². The number of hydrogen-bond acceptors (Lipinski definition) is 2. The summed E-state index contributed by atoms with van der Waals surface area (Å²) in [5.74, 6) is 0.454. The Hall–Kier alpha value is -1.38. The van der Waals surface area contributed by atoms with Crippen molar-refractivity contribution in [2.45, 2.75) is 6.92 Å². The van der Waals surface area contributed by atoms with E-state index >= 15 is 0 Å². The summed E-state index contributed by atoms with van der Waals surface area (Å²) in [6.07, 6.45) is 3.36. The van der Waals surface area contributed by atoms with Crippen molar-refractivity contribution < 1.29 is 0 Å². The van der Waals surface area contributed by atoms with Gasteiger partial charge in [-0.15, -0.1) is 0 Å². The van der Waals surface area contributed by atoms with Crippen LogP contribution in [0.2, 0.25) is 0 Å². The molecule has 0 radical (unpaired) electrons. The van der Waals surface area contributed by atoms with Gasteiger partial charge in [0, 0.05) is 24.5 Å². The van der Waals surface area contributed by atoms with Crippen molar-refractivity contribution in [2.75, 3.05) is 6.54 Å². The van der Waals surface area contributed by atoms with Gasteiger partial charge < -0.3 is 5.32 Å². The van der Waals surface area contributed by atoms with Gasteiger partial charge in [-0.3, -0.25) is 10.4 Å². The Morgan fingerprint density at radius 1 is 1.55 bits per heavy atom. The van der Waals surface area contributed by atoms with Crippen LogP contribution in [0.4, 0.5) is 0 Å². The summed E-state index contributed by atoms with van der Waals surface area (Å²) in [5, 5.41) is 10.4. The molecule has 0 aliphatic heterocycles. The first kappa shape index (κ1) is 7.72. The molecule has 3 heteroatoms. The number of hydrogen-bond donors (Lipinski definition) is 2. The van der Waals surface area contributed by atoms with Crippen molar-refractivity contribution in [3.05, 3.63) is 30.1 Å². The summed E-state index contributed by atoms with van der Waals surface area (Å²) < 4.78 is 0. The molecule has 11 heavy (non-hydrogen) atoms. The zero-order chi connectivity index (χ0) is 8.10. The highest BCUT2D eigenvalue weighted by atomic mass is 14.9. The maximum Gasteiger partial charge on any atom is 0.125 e. The van der Waals surface area contributed by atoms with Crippen LogP contribution < -0.4 is 5.32 Å². The Morgan fingerprint density at radius 3 is 2.73 bits per heavy atom. The lowest BCUT2D eigenvalue weighted by Gasteiger charge is -2.03. The van der Waals surface area contributed by atoms with Crippen molar-refractivity contribution in [1.82, 2.24) is 10.3 Å². The molecule has 0 amide bonds. The highest BCUT2D eigenvalue weighted by molar-refractivity contribution is 5.96. The Morgan fingerprint density at radius 2 is 2.18 bits per heavy atom. The molecule has 2 N–H and O–H groups in total. The van der Waals surface area contributed by atoms with Crippen LogP contribution in [-0.2, 0) is 0 Å². The Labute approximate surface area is 66.0 Å². The minimum absolute atomic E-state index is 0.454. The number of pyridine rings is 1. The van der Waals surface area contributed by atoms with Crippen LogP contribution in [0.25, 0.3) is 0 Å². The van der Waals surface area contributed by atoms with E-state index in [1.54, 1.807) is 12.4 Å². The van der Waals surface area contributed by atoms with Gasteiger partial charge >= 0.3 is 0 Å². The van der Waals surface area contributed by atoms with Crippen LogP contribution in [0.5, 0.6) is 0 Å². The second kappa shape index (κ2) is 3.71. The van der Waals surface area contributed by atoms with Crippen LogP contribution >= 0.6 is 0 Å². The first-order valence-electron chi connectivity index (χ1n) is 3.57. The average molecular weight is 149 g/mol. The molecule has 0 aromatic carbocycles. The van der Waals surface area contributed by atoms with Crippen LogP contribution in [-0.4, -0.2) is 17.4 Å². The SMILES string of the molecule is CCNC(=N)c1ccncc1. The molecule has 1 aromatic rings. The van der Waals surface area contributed by atoms with Gasteiger partial charge in [0.25, 0.3) is 0 Å². The fraction of sp³-hybridized carbons (Fsp3) is 0.250. The minimum atomic E-state index is 0.454. The third-order valence-corrected chi connectivity index (χ3v) is 1.32. The second-order valence-corrected chi connectivity index (χ2v) is 2.14. The Kier molecular flexibility index (Phi) is 2.60. The molecule has 0 atom stereocenters. The smallest absolute Gasteiger partial charge is 0.125 e. The summed E-state index contributed by atoms with van der Waals surface area (Å²) in [6.45, 7) is 2.75. The summed E-state index contributed by atoms with van der Waals surface area (Å²) in [4.78, 5) is 3.86. The molecule has 0 unspecified atom stereocenters. The van der Waals surface area contributed by atoms with Gasteiger partial charge in [-0.2, -0.15) is 0 Å². The maximum absolute atomic E-state index is 7.49. The van der Waals surface area contributed by atoms with Crippen LogP contribution in [0.1, 0.15) is 12.5 Å². The first-order valence-corrected chi connectivity index (χ1v) is 3.57. The minimum Gasteiger partial charge on any atom is -0.370 e. The van der Waals surface area contributed by atoms with E-state index in [2.05, 4.69) is 10.3 Å². The second-order valence-electron chi connectivity index (χ2n) is 2.14. The van der Waals surface area contributed by atoms with Crippen LogP contribution in [0.3, 0.4) is 0 Å². The fourth-order valence-electron chi connectivity index (χ4n) is 0.797. The summed E-state index contributed by atoms with van der Waals surface area (Å²) in [5.41, 5.74) is 0.877. The zero-order valence-electron chi connectivity index (χ0n) is 6.46. The number of rotatable bonds is 2. The van der Waals surface area contributed by atoms with Crippen molar-refractivity contribution in [2.24, 2.45) is 0 Å². The van der Waals surface area contributed by atoms with Gasteiger partial charge in [0.15, 0.2) is 0 Å². The van der Waals surface area contributed by atoms with E-state index in [-0.39, 0.29) is 0 Å². The lowest BCUT2D eigenvalue weighted by molar-refractivity contribution is 0.957. The van der Waals surface area contributed by atoms with Crippen molar-refractivity contribution in [3.8, 4) is 0 Å². The first-order chi connectivity index (χ1) is 5.34. The van der Waals surface area contributed by atoms with E-state index < -0.39 is 0 Å². The molecular weight excluding hydrogens is 138 g/mol. The lowest BCUT2D eigenvalue weighted by atomic mass is 10.2. The van der Waals surface area contributed by atoms with Crippen molar-refractivity contribution in [3.63, 3.8) is 0 Å². The van der Waals surface area contributed by atoms with Gasteiger partial charge in [-0.25, -0.2) is 0 Å². The van der Waals surface area contributed by atoms with Crippen molar-refractivity contribution >= 4 is 5.84 Å². The van der Waals surface area contributed by atoms with E-state index in [1.165, 1.54) is 0 Å². The molecule has 3 nitrogen and oxygen atoms in total. The molecule has 0 aliphatic carbocycles. The Balaban J connectivity index is 2.69. The number of nitrogens with one attached hydrogen (secondary N) is 2. The summed E-state index contributed by atoms with van der Waals surface area (Å²) in [6, 6.07) is 3.62. The number of aromatic nitrogens is 1. The van der Waals surface area contributed by atoms with Gasteiger partial charge in [0.05, 0.1) is 0 Å². The molecule has 1 heterocycles. The van der Waals surface area contributed by atoms with Gasteiger partial charge in [0.1, 0.15) is 5.84 Å². The normalized spacial score (nSPS) is 9.18. The van der Waals surface area contributed by atoms with Crippen LogP contribution in [0.15, 0.2) is 24.5 Å². The van der Waals surface area contributed by atoms with E-state index in [9.17, 15) is 0 Å². The third kappa shape index (κ3) is 2.04. The van der Waals surface area contributed by atoms with Crippen LogP contribution in [0, 0.1) is 5.41 Å². The van der Waals surface area contributed by atoms with Gasteiger partial charge in [-0.1, -0.05) is 0 Å². The highest BCUT2D eigenvalue weighted by Crippen LogP contribution is 1.94. The van der Waals surface area contributed by atoms with E-state index in [4.69, 9.17) is 5.41 Å². The van der Waals surface area contributed by atoms with Crippen molar-refractivity contribution in [1.29, 1.82) is 5.41 Å². The van der Waals surface area contributed by atoms with E-state index in [0.29, 0.717) is 5.84 Å². The topological polar surface area (TPSA) is 48.8 Å². The monoisotopic (exact) mass is 149 g/mol. The number of amidine groups is 1. The largest absolute Gasteiger partial charge is 0.370 e. The molecule has 0 fully saturated rings. The third-order valence-electron chi connectivity index (χ3n) is 1.32. The quantitative estimate of drug-likeness (QED) is 0.487. The molecule has 0 aliphatic rings. The zero-order valence-corrected chi connectivity index (χ0v) is 6.46. The average Bonchev–Trinajstić information content (AvgIpc) is 2.07. The highest BCUT2D eigenvalue weighted by Gasteiger charge is 1.95. The van der Waals surface area contributed by atoms with Gasteiger partial charge in [-0.05, 0) is 19.1 Å². The standard InChI is InChI=1S/C8H11N3/c1-2-11-8(9)7-3-5-10-6-4-7/h3-6H,2H2,1H3,(H2,9,11). The molecule has 1 rings (SSSR count). The number of nitrogens with zero attached hydrogens (tertiary/aromatic N) is 1. The Bertz CT molecular complexity index is 230. The summed E-state index contributed by atoms with van der Waals surface area (Å²) in [7, 11) is 0. The van der Waals surface area contributed by atoms with E-state index in [1.807, 2.05) is 19.1 Å². The predicted molar refractivity (Wildman–Crippen MR) is 44.7 cm³/mol. The predicted octanol–water partition coefficient (Wildman–Crippen LogP) is 1.02. The maximum atomic E-state index is 7.49. The fourth-order valence-corrected chi connectivity index (χ4v) is 0.797. The molecule has 0 saturated carbocycles. The molecule has 1 aromatic heterocycles. The molecule has 0 saturated heterocycles. The lowest BCUT2D eigenvalue weighted by Crippen LogP contribution is -2.22. The molecule has 0 bridgehead atoms. The van der Waals surface area contributed by atoms with Gasteiger partial charge in [0.2, 0.25) is 0 Å². The molecular formula is C8H11N3. The molecule has 58 valence electrons. The molecule has 0 spiro atoms. The summed E-state index contributed by atoms with van der Waals surface area (Å²) >= 11 is 0.